The van der Waals surface area contributed by atoms with E-state index >= 15 is 0 Å². The summed E-state index contributed by atoms with van der Waals surface area (Å²) in [6, 6.07) is 4.87. The molecule has 0 N–H and O–H groups in total. The van der Waals surface area contributed by atoms with E-state index in [0.717, 1.165) is 5.56 Å². The molecule has 4 heteroatoms. The van der Waals surface area contributed by atoms with Crippen LogP contribution < -0.4 is 21.7 Å². The van der Waals surface area contributed by atoms with E-state index in [1.54, 1.807) is 39.0 Å². The second kappa shape index (κ2) is 4.10. The van der Waals surface area contributed by atoms with Gasteiger partial charge in [-0.05, 0) is 55.7 Å². The minimum atomic E-state index is -0.617. The molecule has 112 valence electrons. The molecular formula is C19H12O4. The highest BCUT2D eigenvalue weighted by Gasteiger charge is 2.26. The zero-order chi connectivity index (χ0) is 16.6. The fourth-order valence-electron chi connectivity index (χ4n) is 3.53. The van der Waals surface area contributed by atoms with Gasteiger partial charge in [0.15, 0.2) is 0 Å². The van der Waals surface area contributed by atoms with Crippen LogP contribution in [0.3, 0.4) is 0 Å². The summed E-state index contributed by atoms with van der Waals surface area (Å²) >= 11 is 0. The van der Waals surface area contributed by atoms with E-state index in [4.69, 9.17) is 0 Å². The van der Waals surface area contributed by atoms with Crippen molar-refractivity contribution in [3.05, 3.63) is 75.8 Å². The lowest BCUT2D eigenvalue weighted by Gasteiger charge is -2.17. The molecule has 0 heterocycles. The van der Waals surface area contributed by atoms with Crippen molar-refractivity contribution < 1.29 is 0 Å². The molecule has 4 rings (SSSR count). The van der Waals surface area contributed by atoms with Crippen LogP contribution in [0.5, 0.6) is 0 Å². The van der Waals surface area contributed by atoms with Crippen molar-refractivity contribution in [3.63, 3.8) is 0 Å². The molecule has 0 radical (unpaired) electrons. The van der Waals surface area contributed by atoms with Crippen molar-refractivity contribution in [2.24, 2.45) is 0 Å². The Bertz CT molecular complexity index is 1300. The molecule has 0 fully saturated rings. The highest BCUT2D eigenvalue weighted by Crippen LogP contribution is 2.36. The van der Waals surface area contributed by atoms with Gasteiger partial charge >= 0.3 is 0 Å². The molecule has 0 bridgehead atoms. The minimum Gasteiger partial charge on any atom is -0.285 e. The minimum absolute atomic E-state index is 0.225. The third-order valence-corrected chi connectivity index (χ3v) is 4.75. The number of rotatable bonds is 0. The van der Waals surface area contributed by atoms with E-state index in [2.05, 4.69) is 0 Å². The van der Waals surface area contributed by atoms with Crippen LogP contribution in [0.4, 0.5) is 0 Å². The van der Waals surface area contributed by atoms with E-state index in [0.29, 0.717) is 22.3 Å². The van der Waals surface area contributed by atoms with Gasteiger partial charge in [-0.3, -0.25) is 19.2 Å². The summed E-state index contributed by atoms with van der Waals surface area (Å²) in [6.45, 7) is 5.26. The Morgan fingerprint density at radius 2 is 1.09 bits per heavy atom. The second-order valence-electron chi connectivity index (χ2n) is 6.17. The Kier molecular flexibility index (Phi) is 2.45. The van der Waals surface area contributed by atoms with Crippen molar-refractivity contribution in [2.45, 2.75) is 20.8 Å². The van der Waals surface area contributed by atoms with Gasteiger partial charge in [0.25, 0.3) is 0 Å². The third kappa shape index (κ3) is 1.50. The number of aryl methyl sites for hydroxylation is 3. The van der Waals surface area contributed by atoms with Crippen LogP contribution in [0.2, 0.25) is 0 Å². The van der Waals surface area contributed by atoms with E-state index < -0.39 is 21.7 Å². The maximum absolute atomic E-state index is 12.6. The van der Waals surface area contributed by atoms with Crippen molar-refractivity contribution in [3.8, 4) is 11.1 Å². The van der Waals surface area contributed by atoms with Crippen LogP contribution in [-0.4, -0.2) is 0 Å². The highest BCUT2D eigenvalue weighted by atomic mass is 16.2. The first-order valence-corrected chi connectivity index (χ1v) is 7.30. The SMILES string of the molecule is Cc1cc2c3c(c1)c(=O)c(=O)c1c(C)c(C)cc(c1-3)c(=O)c2=O. The molecule has 0 aromatic heterocycles. The van der Waals surface area contributed by atoms with Gasteiger partial charge in [0, 0.05) is 32.7 Å². The molecule has 0 saturated heterocycles. The first kappa shape index (κ1) is 13.8. The standard InChI is InChI=1S/C19H12O4/c1-7-4-10-14-11(5-7)18(22)19(23)13-9(3)8(2)6-12(15(13)14)17(21)16(10)20/h4-6H,1-3H3. The summed E-state index contributed by atoms with van der Waals surface area (Å²) < 4.78 is 0. The van der Waals surface area contributed by atoms with Gasteiger partial charge in [-0.25, -0.2) is 0 Å². The lowest BCUT2D eigenvalue weighted by atomic mass is 9.83. The van der Waals surface area contributed by atoms with Crippen molar-refractivity contribution >= 4 is 21.5 Å². The lowest BCUT2D eigenvalue weighted by molar-refractivity contribution is 1.35. The van der Waals surface area contributed by atoms with Gasteiger partial charge in [-0.2, -0.15) is 0 Å². The van der Waals surface area contributed by atoms with Crippen LogP contribution >= 0.6 is 0 Å². The maximum Gasteiger partial charge on any atom is 0.234 e. The molecule has 0 unspecified atom stereocenters. The lowest BCUT2D eigenvalue weighted by Crippen LogP contribution is -2.32. The van der Waals surface area contributed by atoms with E-state index in [-0.39, 0.29) is 21.5 Å². The largest absolute Gasteiger partial charge is 0.285 e. The first-order chi connectivity index (χ1) is 10.8. The summed E-state index contributed by atoms with van der Waals surface area (Å²) in [6.07, 6.45) is 0. The number of hydrogen-bond acceptors (Lipinski definition) is 4. The zero-order valence-electron chi connectivity index (χ0n) is 12.9. The van der Waals surface area contributed by atoms with Crippen LogP contribution in [0.1, 0.15) is 16.7 Å². The third-order valence-electron chi connectivity index (χ3n) is 4.75. The van der Waals surface area contributed by atoms with Crippen LogP contribution in [0.25, 0.3) is 32.7 Å². The number of benzene rings is 4. The van der Waals surface area contributed by atoms with Crippen LogP contribution in [-0.2, 0) is 0 Å². The second-order valence-corrected chi connectivity index (χ2v) is 6.17. The summed E-state index contributed by atoms with van der Waals surface area (Å²) in [4.78, 5) is 50.1. The predicted octanol–water partition coefficient (Wildman–Crippen LogP) is 1.78. The van der Waals surface area contributed by atoms with Gasteiger partial charge in [0.05, 0.1) is 0 Å². The van der Waals surface area contributed by atoms with Crippen molar-refractivity contribution in [1.29, 1.82) is 0 Å². The Hall–Kier alpha value is -2.88. The quantitative estimate of drug-likeness (QED) is 0.367. The fourth-order valence-corrected chi connectivity index (χ4v) is 3.53. The Morgan fingerprint density at radius 1 is 0.609 bits per heavy atom. The summed E-state index contributed by atoms with van der Waals surface area (Å²) in [5.41, 5.74) is 0.528. The molecule has 0 spiro atoms. The van der Waals surface area contributed by atoms with E-state index in [9.17, 15) is 19.2 Å². The average Bonchev–Trinajstić information content (AvgIpc) is 2.51. The average molecular weight is 304 g/mol. The highest BCUT2D eigenvalue weighted by molar-refractivity contribution is 6.12. The van der Waals surface area contributed by atoms with Gasteiger partial charge < -0.3 is 0 Å². The molecule has 4 nitrogen and oxygen atoms in total. The van der Waals surface area contributed by atoms with Gasteiger partial charge in [-0.1, -0.05) is 0 Å². The molecule has 2 aromatic carbocycles. The Labute approximate surface area is 130 Å². The summed E-state index contributed by atoms with van der Waals surface area (Å²) in [5.74, 6) is 0. The molecule has 0 amide bonds. The van der Waals surface area contributed by atoms with Crippen molar-refractivity contribution in [1.82, 2.24) is 0 Å². The molecule has 2 aliphatic carbocycles. The number of hydrogen-bond donors (Lipinski definition) is 0. The normalized spacial score (nSPS) is 12.0. The molecule has 0 aliphatic heterocycles. The molecule has 0 saturated carbocycles. The topological polar surface area (TPSA) is 68.3 Å². The first-order valence-electron chi connectivity index (χ1n) is 7.30. The smallest absolute Gasteiger partial charge is 0.234 e. The summed E-state index contributed by atoms with van der Waals surface area (Å²) in [5, 5.41) is 0.945. The predicted molar refractivity (Wildman–Crippen MR) is 90.9 cm³/mol. The van der Waals surface area contributed by atoms with E-state index in [1.165, 1.54) is 0 Å². The molecule has 2 aliphatic rings. The Balaban J connectivity index is 2.63. The van der Waals surface area contributed by atoms with Gasteiger partial charge in [-0.15, -0.1) is 0 Å². The molecule has 0 atom stereocenters. The molecule has 2 aromatic rings. The maximum atomic E-state index is 12.6. The molecule has 23 heavy (non-hydrogen) atoms. The molecular weight excluding hydrogens is 292 g/mol. The van der Waals surface area contributed by atoms with Gasteiger partial charge in [0.2, 0.25) is 21.7 Å². The fraction of sp³-hybridized carbons (Fsp3) is 0.158. The summed E-state index contributed by atoms with van der Waals surface area (Å²) in [7, 11) is 0. The van der Waals surface area contributed by atoms with Crippen LogP contribution in [0.15, 0.2) is 37.4 Å². The van der Waals surface area contributed by atoms with Crippen LogP contribution in [0, 0.1) is 20.8 Å². The van der Waals surface area contributed by atoms with Gasteiger partial charge in [0.1, 0.15) is 0 Å². The van der Waals surface area contributed by atoms with Crippen molar-refractivity contribution in [2.75, 3.05) is 0 Å². The zero-order valence-corrected chi connectivity index (χ0v) is 12.9. The monoisotopic (exact) mass is 304 g/mol. The Morgan fingerprint density at radius 3 is 1.65 bits per heavy atom. The van der Waals surface area contributed by atoms with E-state index in [1.807, 2.05) is 0 Å².